The number of hydrogen-bond acceptors (Lipinski definition) is 3. The average Bonchev–Trinajstić information content (AvgIpc) is 2.90. The molecule has 0 saturated carbocycles. The summed E-state index contributed by atoms with van der Waals surface area (Å²) in [7, 11) is 0. The minimum absolute atomic E-state index is 0.496. The number of likely N-dealkylation sites (tertiary alicyclic amines) is 1. The molecule has 1 fully saturated rings. The van der Waals surface area contributed by atoms with Gasteiger partial charge in [-0.3, -0.25) is 0 Å². The summed E-state index contributed by atoms with van der Waals surface area (Å²) in [5.41, 5.74) is 0. The van der Waals surface area contributed by atoms with E-state index < -0.39 is 0 Å². The smallest absolute Gasteiger partial charge is 0.179 e. The Morgan fingerprint density at radius 3 is 2.76 bits per heavy atom. The average molecular weight is 332 g/mol. The predicted octanol–water partition coefficient (Wildman–Crippen LogP) is 4.65. The van der Waals surface area contributed by atoms with E-state index in [-0.39, 0.29) is 0 Å². The van der Waals surface area contributed by atoms with Gasteiger partial charge in [-0.2, -0.15) is 0 Å². The highest BCUT2D eigenvalue weighted by Gasteiger charge is 2.22. The molecular weight excluding hydrogens is 309 g/mol. The van der Waals surface area contributed by atoms with Crippen molar-refractivity contribution in [1.82, 2.24) is 4.90 Å². The van der Waals surface area contributed by atoms with Gasteiger partial charge in [0.1, 0.15) is 0 Å². The molecule has 1 unspecified atom stereocenters. The van der Waals surface area contributed by atoms with Crippen LogP contribution in [0.1, 0.15) is 33.1 Å². The summed E-state index contributed by atoms with van der Waals surface area (Å²) in [5, 5.41) is 1.06. The fourth-order valence-electron chi connectivity index (χ4n) is 2.87. The monoisotopic (exact) mass is 331 g/mol. The van der Waals surface area contributed by atoms with E-state index in [1.807, 2.05) is 6.92 Å². The zero-order chi connectivity index (χ0) is 15.2. The highest BCUT2D eigenvalue weighted by atomic mass is 35.5. The van der Waals surface area contributed by atoms with Gasteiger partial charge in [-0.15, -0.1) is 0 Å². The molecule has 0 aliphatic carbocycles. The maximum atomic E-state index is 6.17. The SMILES string of the molecule is CCOc1c(Cl)cc(Cl)cc1OCCC1CCCN1CC. The molecule has 0 N–H and O–H groups in total. The first-order valence-corrected chi connectivity index (χ1v) is 8.40. The number of ether oxygens (including phenoxy) is 2. The number of rotatable bonds is 7. The van der Waals surface area contributed by atoms with Crippen LogP contribution in [0.25, 0.3) is 0 Å². The molecular formula is C16H23Cl2NO2. The summed E-state index contributed by atoms with van der Waals surface area (Å²) in [6.45, 7) is 7.64. The van der Waals surface area contributed by atoms with Gasteiger partial charge in [0.15, 0.2) is 11.5 Å². The second-order valence-corrected chi connectivity index (χ2v) is 6.05. The molecule has 1 saturated heterocycles. The molecule has 1 aromatic carbocycles. The Bertz CT molecular complexity index is 468. The van der Waals surface area contributed by atoms with E-state index in [4.69, 9.17) is 32.7 Å². The zero-order valence-corrected chi connectivity index (χ0v) is 14.2. The molecule has 1 aliphatic rings. The van der Waals surface area contributed by atoms with Crippen LogP contribution in [0, 0.1) is 0 Å². The van der Waals surface area contributed by atoms with Crippen LogP contribution < -0.4 is 9.47 Å². The molecule has 21 heavy (non-hydrogen) atoms. The fraction of sp³-hybridized carbons (Fsp3) is 0.625. The van der Waals surface area contributed by atoms with Crippen molar-refractivity contribution in [2.24, 2.45) is 0 Å². The normalized spacial score (nSPS) is 19.0. The summed E-state index contributed by atoms with van der Waals surface area (Å²) in [5.74, 6) is 1.22. The van der Waals surface area contributed by atoms with Gasteiger partial charge in [0.2, 0.25) is 0 Å². The molecule has 118 valence electrons. The minimum atomic E-state index is 0.496. The molecule has 0 spiro atoms. The van der Waals surface area contributed by atoms with Gasteiger partial charge in [0.05, 0.1) is 18.2 Å². The van der Waals surface area contributed by atoms with E-state index in [1.165, 1.54) is 19.4 Å². The third-order valence-corrected chi connectivity index (χ3v) is 4.38. The van der Waals surface area contributed by atoms with E-state index in [0.29, 0.717) is 40.8 Å². The number of nitrogens with zero attached hydrogens (tertiary/aromatic N) is 1. The van der Waals surface area contributed by atoms with Gasteiger partial charge in [-0.05, 0) is 45.3 Å². The standard InChI is InChI=1S/C16H23Cl2NO2/c1-3-19-8-5-6-13(19)7-9-21-15-11-12(17)10-14(18)16(15)20-4-2/h10-11,13H,3-9H2,1-2H3. The summed E-state index contributed by atoms with van der Waals surface area (Å²) < 4.78 is 11.4. The quantitative estimate of drug-likeness (QED) is 0.726. The van der Waals surface area contributed by atoms with Crippen molar-refractivity contribution in [2.45, 2.75) is 39.2 Å². The van der Waals surface area contributed by atoms with Crippen molar-refractivity contribution in [3.63, 3.8) is 0 Å². The molecule has 3 nitrogen and oxygen atoms in total. The Morgan fingerprint density at radius 2 is 2.05 bits per heavy atom. The van der Waals surface area contributed by atoms with Gasteiger partial charge in [-0.1, -0.05) is 30.1 Å². The van der Waals surface area contributed by atoms with Gasteiger partial charge in [0, 0.05) is 17.1 Å². The molecule has 1 aromatic rings. The van der Waals surface area contributed by atoms with Crippen LogP contribution in [0.3, 0.4) is 0 Å². The maximum Gasteiger partial charge on any atom is 0.179 e. The molecule has 2 rings (SSSR count). The summed E-state index contributed by atoms with van der Waals surface area (Å²) in [6, 6.07) is 4.07. The van der Waals surface area contributed by atoms with E-state index >= 15 is 0 Å². The van der Waals surface area contributed by atoms with Gasteiger partial charge >= 0.3 is 0 Å². The Kier molecular flexibility index (Phi) is 6.46. The zero-order valence-electron chi connectivity index (χ0n) is 12.7. The van der Waals surface area contributed by atoms with Crippen LogP contribution in [0.5, 0.6) is 11.5 Å². The largest absolute Gasteiger partial charge is 0.490 e. The number of hydrogen-bond donors (Lipinski definition) is 0. The highest BCUT2D eigenvalue weighted by molar-refractivity contribution is 6.35. The van der Waals surface area contributed by atoms with Crippen molar-refractivity contribution in [2.75, 3.05) is 26.3 Å². The first-order chi connectivity index (χ1) is 10.2. The second kappa shape index (κ2) is 8.11. The molecule has 1 heterocycles. The third-order valence-electron chi connectivity index (χ3n) is 3.88. The first-order valence-electron chi connectivity index (χ1n) is 7.64. The van der Waals surface area contributed by atoms with Gasteiger partial charge in [-0.25, -0.2) is 0 Å². The van der Waals surface area contributed by atoms with Crippen LogP contribution in [-0.2, 0) is 0 Å². The maximum absolute atomic E-state index is 6.17. The molecule has 0 radical (unpaired) electrons. The number of benzene rings is 1. The highest BCUT2D eigenvalue weighted by Crippen LogP contribution is 2.38. The van der Waals surface area contributed by atoms with Gasteiger partial charge in [0.25, 0.3) is 0 Å². The minimum Gasteiger partial charge on any atom is -0.490 e. The van der Waals surface area contributed by atoms with Crippen molar-refractivity contribution in [1.29, 1.82) is 0 Å². The van der Waals surface area contributed by atoms with E-state index in [0.717, 1.165) is 13.0 Å². The lowest BCUT2D eigenvalue weighted by Crippen LogP contribution is -2.30. The third kappa shape index (κ3) is 4.41. The van der Waals surface area contributed by atoms with Crippen molar-refractivity contribution < 1.29 is 9.47 Å². The van der Waals surface area contributed by atoms with Crippen LogP contribution in [0.15, 0.2) is 12.1 Å². The van der Waals surface area contributed by atoms with Crippen molar-refractivity contribution in [3.8, 4) is 11.5 Å². The number of halogens is 2. The molecule has 5 heteroatoms. The molecule has 1 atom stereocenters. The van der Waals surface area contributed by atoms with E-state index in [9.17, 15) is 0 Å². The van der Waals surface area contributed by atoms with E-state index in [1.54, 1.807) is 12.1 Å². The second-order valence-electron chi connectivity index (χ2n) is 5.21. The van der Waals surface area contributed by atoms with Crippen LogP contribution >= 0.6 is 23.2 Å². The summed E-state index contributed by atoms with van der Waals surface area (Å²) in [6.07, 6.45) is 3.56. The van der Waals surface area contributed by atoms with Crippen LogP contribution in [-0.4, -0.2) is 37.2 Å². The van der Waals surface area contributed by atoms with Crippen LogP contribution in [0.4, 0.5) is 0 Å². The fourth-order valence-corrected chi connectivity index (χ4v) is 3.40. The summed E-state index contributed by atoms with van der Waals surface area (Å²) >= 11 is 12.2. The van der Waals surface area contributed by atoms with Gasteiger partial charge < -0.3 is 14.4 Å². The van der Waals surface area contributed by atoms with Crippen molar-refractivity contribution >= 4 is 23.2 Å². The van der Waals surface area contributed by atoms with Crippen LogP contribution in [0.2, 0.25) is 10.0 Å². The Labute approximate surface area is 137 Å². The molecule has 0 bridgehead atoms. The summed E-state index contributed by atoms with van der Waals surface area (Å²) in [4.78, 5) is 2.51. The van der Waals surface area contributed by atoms with Crippen molar-refractivity contribution in [3.05, 3.63) is 22.2 Å². The topological polar surface area (TPSA) is 21.7 Å². The predicted molar refractivity (Wildman–Crippen MR) is 88.0 cm³/mol. The molecule has 0 amide bonds. The lowest BCUT2D eigenvalue weighted by molar-refractivity contribution is 0.206. The lowest BCUT2D eigenvalue weighted by atomic mass is 10.1. The molecule has 0 aromatic heterocycles. The Morgan fingerprint density at radius 1 is 1.24 bits per heavy atom. The Hall–Kier alpha value is -0.640. The molecule has 1 aliphatic heterocycles. The van der Waals surface area contributed by atoms with E-state index in [2.05, 4.69) is 11.8 Å². The lowest BCUT2D eigenvalue weighted by Gasteiger charge is -2.23. The Balaban J connectivity index is 1.96. The first kappa shape index (κ1) is 16.7.